The van der Waals surface area contributed by atoms with Crippen LogP contribution in [0.5, 0.6) is 0 Å². The molecule has 0 fully saturated rings. The van der Waals surface area contributed by atoms with Crippen molar-refractivity contribution in [2.24, 2.45) is 0 Å². The molecule has 10 heteroatoms. The molecule has 3 rings (SSSR count). The molecule has 138 valence electrons. The predicted octanol–water partition coefficient (Wildman–Crippen LogP) is 4.96. The second-order valence-electron chi connectivity index (χ2n) is 5.54. The second-order valence-corrected chi connectivity index (χ2v) is 7.08. The third-order valence-corrected chi connectivity index (χ3v) is 5.20. The van der Waals surface area contributed by atoms with Gasteiger partial charge in [0.25, 0.3) is 5.91 Å². The number of carboxylic acid groups (broad SMARTS) is 1. The summed E-state index contributed by atoms with van der Waals surface area (Å²) in [6, 6.07) is 2.63. The van der Waals surface area contributed by atoms with Crippen molar-refractivity contribution < 1.29 is 32.6 Å². The summed E-state index contributed by atoms with van der Waals surface area (Å²) >= 11 is 6.69. The number of hydrogen-bond acceptors (Lipinski definition) is 4. The lowest BCUT2D eigenvalue weighted by molar-refractivity contribution is -0.137. The molecule has 2 N–H and O–H groups in total. The molecular weight excluding hydrogens is 395 g/mol. The zero-order valence-corrected chi connectivity index (χ0v) is 14.7. The summed E-state index contributed by atoms with van der Waals surface area (Å²) in [7, 11) is 0. The number of carbonyl (C=O) groups excluding carboxylic acids is 1. The number of hydrogen-bond donors (Lipinski definition) is 2. The van der Waals surface area contributed by atoms with Gasteiger partial charge in [0.15, 0.2) is 0 Å². The van der Waals surface area contributed by atoms with Gasteiger partial charge < -0.3 is 15.2 Å². The lowest BCUT2D eigenvalue weighted by Crippen LogP contribution is -2.19. The highest BCUT2D eigenvalue weighted by molar-refractivity contribution is 7.17. The van der Waals surface area contributed by atoms with Crippen molar-refractivity contribution in [2.45, 2.75) is 25.8 Å². The summed E-state index contributed by atoms with van der Waals surface area (Å²) in [4.78, 5) is 24.6. The first kappa shape index (κ1) is 18.7. The van der Waals surface area contributed by atoms with Crippen LogP contribution in [0.3, 0.4) is 0 Å². The Labute approximate surface area is 154 Å². The van der Waals surface area contributed by atoms with E-state index in [1.807, 2.05) is 0 Å². The lowest BCUT2D eigenvalue weighted by atomic mass is 10.1. The Morgan fingerprint density at radius 2 is 2.08 bits per heavy atom. The number of aromatic carboxylic acids is 1. The number of benzene rings is 1. The van der Waals surface area contributed by atoms with E-state index >= 15 is 0 Å². The van der Waals surface area contributed by atoms with Crippen LogP contribution < -0.4 is 5.32 Å². The second kappa shape index (κ2) is 6.57. The summed E-state index contributed by atoms with van der Waals surface area (Å²) in [5, 5.41) is 11.7. The molecule has 1 aromatic heterocycles. The number of halogens is 4. The van der Waals surface area contributed by atoms with Gasteiger partial charge in [-0.05, 0) is 25.1 Å². The van der Waals surface area contributed by atoms with Gasteiger partial charge in [-0.15, -0.1) is 11.3 Å². The van der Waals surface area contributed by atoms with E-state index in [1.54, 1.807) is 6.92 Å². The van der Waals surface area contributed by atoms with Gasteiger partial charge in [-0.25, -0.2) is 4.79 Å². The van der Waals surface area contributed by atoms with Crippen LogP contribution in [-0.4, -0.2) is 17.0 Å². The van der Waals surface area contributed by atoms with Crippen molar-refractivity contribution >= 4 is 39.8 Å². The molecule has 1 atom stereocenters. The predicted molar refractivity (Wildman–Crippen MR) is 88.9 cm³/mol. The highest BCUT2D eigenvalue weighted by Crippen LogP contribution is 2.44. The average Bonchev–Trinajstić information content (AvgIpc) is 3.05. The van der Waals surface area contributed by atoms with Crippen molar-refractivity contribution in [3.8, 4) is 0 Å². The molecule has 0 aliphatic carbocycles. The Kier molecular flexibility index (Phi) is 4.72. The number of nitrogens with one attached hydrogen (secondary N) is 1. The van der Waals surface area contributed by atoms with Crippen LogP contribution in [0.4, 0.5) is 18.2 Å². The Balaban J connectivity index is 2.02. The fourth-order valence-electron chi connectivity index (χ4n) is 2.73. The third kappa shape index (κ3) is 3.29. The molecule has 26 heavy (non-hydrogen) atoms. The number of anilines is 1. The molecular formula is C16H11ClF3NO4S. The van der Waals surface area contributed by atoms with Crippen LogP contribution in [0.25, 0.3) is 0 Å². The molecule has 0 bridgehead atoms. The van der Waals surface area contributed by atoms with Crippen LogP contribution in [0.15, 0.2) is 18.2 Å². The Morgan fingerprint density at radius 1 is 1.38 bits per heavy atom. The van der Waals surface area contributed by atoms with Gasteiger partial charge in [-0.3, -0.25) is 4.79 Å². The zero-order valence-electron chi connectivity index (χ0n) is 13.1. The molecule has 1 amide bonds. The zero-order chi connectivity index (χ0) is 19.2. The molecule has 0 saturated heterocycles. The number of alkyl halides is 3. The molecule has 1 aliphatic rings. The van der Waals surface area contributed by atoms with Crippen LogP contribution in [0, 0.1) is 0 Å². The van der Waals surface area contributed by atoms with E-state index in [1.165, 1.54) is 0 Å². The number of carbonyl (C=O) groups is 2. The van der Waals surface area contributed by atoms with E-state index in [0.717, 1.165) is 23.5 Å². The van der Waals surface area contributed by atoms with Crippen LogP contribution in [0.2, 0.25) is 5.02 Å². The number of carboxylic acids is 1. The number of rotatable bonds is 3. The number of ether oxygens (including phenoxy) is 1. The topological polar surface area (TPSA) is 75.6 Å². The Hall–Kier alpha value is -2.10. The van der Waals surface area contributed by atoms with Crippen molar-refractivity contribution in [2.75, 3.05) is 5.32 Å². The van der Waals surface area contributed by atoms with E-state index in [4.69, 9.17) is 16.3 Å². The number of thiophene rings is 1. The van der Waals surface area contributed by atoms with Gasteiger partial charge in [0.05, 0.1) is 23.8 Å². The quantitative estimate of drug-likeness (QED) is 0.756. The van der Waals surface area contributed by atoms with E-state index in [2.05, 4.69) is 5.32 Å². The summed E-state index contributed by atoms with van der Waals surface area (Å²) in [6.07, 6.45) is -5.23. The normalized spacial score (nSPS) is 16.4. The van der Waals surface area contributed by atoms with Crippen LogP contribution in [0.1, 0.15) is 49.7 Å². The van der Waals surface area contributed by atoms with E-state index in [-0.39, 0.29) is 22.2 Å². The number of fused-ring (bicyclic) bond motifs is 1. The largest absolute Gasteiger partial charge is 0.478 e. The molecule has 1 aromatic carbocycles. The maximum atomic E-state index is 13.1. The highest BCUT2D eigenvalue weighted by atomic mass is 35.5. The highest BCUT2D eigenvalue weighted by Gasteiger charge is 2.37. The van der Waals surface area contributed by atoms with Crippen LogP contribution >= 0.6 is 22.9 Å². The molecule has 2 heterocycles. The molecule has 0 spiro atoms. The Morgan fingerprint density at radius 3 is 2.69 bits per heavy atom. The first-order chi connectivity index (χ1) is 12.1. The third-order valence-electron chi connectivity index (χ3n) is 3.87. The van der Waals surface area contributed by atoms with E-state index < -0.39 is 35.3 Å². The monoisotopic (exact) mass is 405 g/mol. The minimum absolute atomic E-state index is 0.0317. The average molecular weight is 406 g/mol. The van der Waals surface area contributed by atoms with Gasteiger partial charge in [0.1, 0.15) is 10.6 Å². The lowest BCUT2D eigenvalue weighted by Gasteiger charge is -2.13. The maximum Gasteiger partial charge on any atom is 0.417 e. The summed E-state index contributed by atoms with van der Waals surface area (Å²) < 4.78 is 44.8. The smallest absolute Gasteiger partial charge is 0.417 e. The van der Waals surface area contributed by atoms with Gasteiger partial charge in [0.2, 0.25) is 0 Å². The van der Waals surface area contributed by atoms with Crippen molar-refractivity contribution in [1.29, 1.82) is 0 Å². The standard InChI is InChI=1S/C16H11ClF3NO4S/c1-6-11-10(5-25-6)26-14(12(11)15(23)24)21-13(22)8-4-7(17)2-3-9(8)16(18,19)20/h2-4,6H,5H2,1H3,(H,21,22)(H,23,24). The summed E-state index contributed by atoms with van der Waals surface area (Å²) in [5.41, 5.74) is -1.57. The first-order valence-electron chi connectivity index (χ1n) is 7.28. The van der Waals surface area contributed by atoms with Gasteiger partial charge in [0, 0.05) is 15.5 Å². The van der Waals surface area contributed by atoms with E-state index in [0.29, 0.717) is 16.5 Å². The Bertz CT molecular complexity index is 910. The molecule has 0 radical (unpaired) electrons. The van der Waals surface area contributed by atoms with Gasteiger partial charge in [-0.1, -0.05) is 11.6 Å². The SMILES string of the molecule is CC1OCc2sc(NC(=O)c3cc(Cl)ccc3C(F)(F)F)c(C(=O)O)c21. The fourth-order valence-corrected chi connectivity index (χ4v) is 4.10. The fraction of sp³-hybridized carbons (Fsp3) is 0.250. The molecule has 5 nitrogen and oxygen atoms in total. The first-order valence-corrected chi connectivity index (χ1v) is 8.47. The van der Waals surface area contributed by atoms with Crippen molar-refractivity contribution in [1.82, 2.24) is 0 Å². The van der Waals surface area contributed by atoms with Crippen molar-refractivity contribution in [3.63, 3.8) is 0 Å². The van der Waals surface area contributed by atoms with Gasteiger partial charge in [-0.2, -0.15) is 13.2 Å². The molecule has 1 aliphatic heterocycles. The summed E-state index contributed by atoms with van der Waals surface area (Å²) in [5.74, 6) is -2.38. The summed E-state index contributed by atoms with van der Waals surface area (Å²) in [6.45, 7) is 1.84. The molecule has 1 unspecified atom stereocenters. The van der Waals surface area contributed by atoms with Crippen LogP contribution in [-0.2, 0) is 17.5 Å². The molecule has 0 saturated carbocycles. The number of amides is 1. The van der Waals surface area contributed by atoms with E-state index in [9.17, 15) is 27.9 Å². The minimum Gasteiger partial charge on any atom is -0.478 e. The molecule has 2 aromatic rings. The van der Waals surface area contributed by atoms with Crippen molar-refractivity contribution in [3.05, 3.63) is 50.4 Å². The maximum absolute atomic E-state index is 13.1. The minimum atomic E-state index is -4.76. The van der Waals surface area contributed by atoms with Gasteiger partial charge >= 0.3 is 12.1 Å².